The van der Waals surface area contributed by atoms with Crippen molar-refractivity contribution in [3.63, 3.8) is 0 Å². The lowest BCUT2D eigenvalue weighted by Crippen LogP contribution is -2.33. The monoisotopic (exact) mass is 281 g/mol. The van der Waals surface area contributed by atoms with Crippen molar-refractivity contribution in [2.45, 2.75) is 51.3 Å². The van der Waals surface area contributed by atoms with Gasteiger partial charge in [-0.05, 0) is 43.9 Å². The summed E-state index contributed by atoms with van der Waals surface area (Å²) < 4.78 is 26.1. The van der Waals surface area contributed by atoms with E-state index in [0.29, 0.717) is 23.8 Å². The van der Waals surface area contributed by atoms with Crippen LogP contribution in [0, 0.1) is 11.8 Å². The standard InChI is InChI=1S/C12H24ClNO2S/c1-10(2)7-8-17(15,16)14-9-11-3-5-12(13)6-4-11/h10-12,14H,3-9H2,1-2H3. The van der Waals surface area contributed by atoms with E-state index in [4.69, 9.17) is 11.6 Å². The molecule has 0 aromatic rings. The predicted molar refractivity (Wildman–Crippen MR) is 72.8 cm³/mol. The summed E-state index contributed by atoms with van der Waals surface area (Å²) in [6.45, 7) is 4.67. The van der Waals surface area contributed by atoms with Crippen LogP contribution in [0.2, 0.25) is 0 Å². The van der Waals surface area contributed by atoms with Crippen LogP contribution in [0.4, 0.5) is 0 Å². The fraction of sp³-hybridized carbons (Fsp3) is 1.00. The topological polar surface area (TPSA) is 46.2 Å². The lowest BCUT2D eigenvalue weighted by Gasteiger charge is -2.25. The van der Waals surface area contributed by atoms with Gasteiger partial charge in [-0.3, -0.25) is 0 Å². The summed E-state index contributed by atoms with van der Waals surface area (Å²) in [6, 6.07) is 0. The molecule has 0 aromatic carbocycles. The summed E-state index contributed by atoms with van der Waals surface area (Å²) >= 11 is 6.02. The Hall–Kier alpha value is 0.200. The third kappa shape index (κ3) is 6.63. The molecule has 3 nitrogen and oxygen atoms in total. The molecule has 0 unspecified atom stereocenters. The molecule has 102 valence electrons. The van der Waals surface area contributed by atoms with E-state index in [0.717, 1.165) is 32.1 Å². The Morgan fingerprint density at radius 3 is 2.35 bits per heavy atom. The molecule has 0 heterocycles. The van der Waals surface area contributed by atoms with Crippen molar-refractivity contribution in [3.8, 4) is 0 Å². The molecule has 17 heavy (non-hydrogen) atoms. The molecular formula is C12H24ClNO2S. The lowest BCUT2D eigenvalue weighted by molar-refractivity contribution is 0.361. The van der Waals surface area contributed by atoms with Crippen LogP contribution in [-0.4, -0.2) is 26.1 Å². The minimum absolute atomic E-state index is 0.246. The maximum atomic E-state index is 11.7. The van der Waals surface area contributed by atoms with Gasteiger partial charge in [-0.15, -0.1) is 11.6 Å². The van der Waals surface area contributed by atoms with Gasteiger partial charge in [0.05, 0.1) is 5.75 Å². The predicted octanol–water partition coefficient (Wildman–Crippen LogP) is 2.75. The maximum Gasteiger partial charge on any atom is 0.211 e. The average molecular weight is 282 g/mol. The van der Waals surface area contributed by atoms with Crippen LogP contribution in [0.25, 0.3) is 0 Å². The average Bonchev–Trinajstić information content (AvgIpc) is 2.26. The number of alkyl halides is 1. The zero-order valence-corrected chi connectivity index (χ0v) is 12.4. The van der Waals surface area contributed by atoms with E-state index in [-0.39, 0.29) is 5.75 Å². The Kier molecular flexibility index (Phi) is 6.24. The number of hydrogen-bond acceptors (Lipinski definition) is 2. The second kappa shape index (κ2) is 6.95. The van der Waals surface area contributed by atoms with Gasteiger partial charge < -0.3 is 0 Å². The van der Waals surface area contributed by atoms with Gasteiger partial charge in [0.25, 0.3) is 0 Å². The molecule has 0 atom stereocenters. The molecule has 0 spiro atoms. The summed E-state index contributed by atoms with van der Waals surface area (Å²) in [5.74, 6) is 1.15. The lowest BCUT2D eigenvalue weighted by atomic mass is 9.89. The zero-order valence-electron chi connectivity index (χ0n) is 10.8. The Labute approximate surface area is 110 Å². The van der Waals surface area contributed by atoms with Crippen molar-refractivity contribution in [3.05, 3.63) is 0 Å². The Balaban J connectivity index is 2.25. The summed E-state index contributed by atoms with van der Waals surface area (Å²) in [7, 11) is -3.07. The fourth-order valence-corrected chi connectivity index (χ4v) is 3.70. The van der Waals surface area contributed by atoms with Crippen LogP contribution in [0.1, 0.15) is 46.0 Å². The summed E-state index contributed by atoms with van der Waals surface area (Å²) in [4.78, 5) is 0. The third-order valence-corrected chi connectivity index (χ3v) is 5.15. The number of sulfonamides is 1. The van der Waals surface area contributed by atoms with Crippen molar-refractivity contribution in [1.82, 2.24) is 4.72 Å². The molecular weight excluding hydrogens is 258 g/mol. The van der Waals surface area contributed by atoms with Gasteiger partial charge in [0.1, 0.15) is 0 Å². The molecule has 1 saturated carbocycles. The van der Waals surface area contributed by atoms with E-state index >= 15 is 0 Å². The van der Waals surface area contributed by atoms with Crippen LogP contribution in [0.3, 0.4) is 0 Å². The second-order valence-electron chi connectivity index (χ2n) is 5.47. The van der Waals surface area contributed by atoms with Gasteiger partial charge in [-0.1, -0.05) is 13.8 Å². The molecule has 1 fully saturated rings. The molecule has 0 amide bonds. The minimum atomic E-state index is -3.07. The molecule has 0 aromatic heterocycles. The Morgan fingerprint density at radius 1 is 1.24 bits per heavy atom. The number of rotatable bonds is 6. The van der Waals surface area contributed by atoms with Crippen molar-refractivity contribution < 1.29 is 8.42 Å². The van der Waals surface area contributed by atoms with Crippen molar-refractivity contribution in [1.29, 1.82) is 0 Å². The van der Waals surface area contributed by atoms with E-state index in [2.05, 4.69) is 4.72 Å². The molecule has 5 heteroatoms. The molecule has 0 aliphatic heterocycles. The fourth-order valence-electron chi connectivity index (χ4n) is 2.03. The van der Waals surface area contributed by atoms with E-state index in [9.17, 15) is 8.42 Å². The Morgan fingerprint density at radius 2 is 1.82 bits per heavy atom. The van der Waals surface area contributed by atoms with Crippen molar-refractivity contribution >= 4 is 21.6 Å². The van der Waals surface area contributed by atoms with Crippen LogP contribution in [-0.2, 0) is 10.0 Å². The van der Waals surface area contributed by atoms with E-state index in [1.807, 2.05) is 13.8 Å². The zero-order chi connectivity index (χ0) is 12.9. The summed E-state index contributed by atoms with van der Waals surface area (Å²) in [5.41, 5.74) is 0. The Bertz CT molecular complexity index is 308. The third-order valence-electron chi connectivity index (χ3n) is 3.33. The van der Waals surface area contributed by atoms with Gasteiger partial charge in [0.15, 0.2) is 0 Å². The first-order valence-electron chi connectivity index (χ1n) is 6.50. The SMILES string of the molecule is CC(C)CCS(=O)(=O)NCC1CCC(Cl)CC1. The first kappa shape index (κ1) is 15.3. The van der Waals surface area contributed by atoms with Gasteiger partial charge in [0, 0.05) is 11.9 Å². The van der Waals surface area contributed by atoms with E-state index in [1.54, 1.807) is 0 Å². The first-order valence-corrected chi connectivity index (χ1v) is 8.59. The molecule has 1 rings (SSSR count). The molecule has 1 aliphatic rings. The van der Waals surface area contributed by atoms with Gasteiger partial charge >= 0.3 is 0 Å². The second-order valence-corrected chi connectivity index (χ2v) is 8.01. The van der Waals surface area contributed by atoms with E-state index in [1.165, 1.54) is 0 Å². The molecule has 1 aliphatic carbocycles. The molecule has 0 radical (unpaired) electrons. The van der Waals surface area contributed by atoms with Crippen molar-refractivity contribution in [2.24, 2.45) is 11.8 Å². The molecule has 0 bridgehead atoms. The van der Waals surface area contributed by atoms with Crippen LogP contribution in [0.15, 0.2) is 0 Å². The van der Waals surface area contributed by atoms with Crippen LogP contribution < -0.4 is 4.72 Å². The largest absolute Gasteiger partial charge is 0.215 e. The van der Waals surface area contributed by atoms with Crippen LogP contribution in [0.5, 0.6) is 0 Å². The maximum absolute atomic E-state index is 11.7. The van der Waals surface area contributed by atoms with Crippen molar-refractivity contribution in [2.75, 3.05) is 12.3 Å². The van der Waals surface area contributed by atoms with Gasteiger partial charge in [-0.2, -0.15) is 0 Å². The normalized spacial score (nSPS) is 26.4. The number of halogens is 1. The highest BCUT2D eigenvalue weighted by molar-refractivity contribution is 7.89. The number of nitrogens with one attached hydrogen (secondary N) is 1. The number of hydrogen-bond donors (Lipinski definition) is 1. The summed E-state index contributed by atoms with van der Waals surface area (Å²) in [5, 5.41) is 0.295. The summed E-state index contributed by atoms with van der Waals surface area (Å²) in [6.07, 6.45) is 4.84. The molecule has 0 saturated heterocycles. The van der Waals surface area contributed by atoms with E-state index < -0.39 is 10.0 Å². The quantitative estimate of drug-likeness (QED) is 0.761. The minimum Gasteiger partial charge on any atom is -0.215 e. The first-order chi connectivity index (χ1) is 7.89. The van der Waals surface area contributed by atoms with Crippen LogP contribution >= 0.6 is 11.6 Å². The highest BCUT2D eigenvalue weighted by Crippen LogP contribution is 2.27. The highest BCUT2D eigenvalue weighted by atomic mass is 35.5. The van der Waals surface area contributed by atoms with Gasteiger partial charge in [0.2, 0.25) is 10.0 Å². The molecule has 1 N–H and O–H groups in total. The highest BCUT2D eigenvalue weighted by Gasteiger charge is 2.21. The van der Waals surface area contributed by atoms with Gasteiger partial charge in [-0.25, -0.2) is 13.1 Å². The smallest absolute Gasteiger partial charge is 0.211 e.